The molecule has 2 aliphatic rings. The molecule has 0 aromatic heterocycles. The Kier molecular flexibility index (Phi) is 5.06. The van der Waals surface area contributed by atoms with Crippen LogP contribution in [0.3, 0.4) is 0 Å². The van der Waals surface area contributed by atoms with Crippen LogP contribution < -0.4 is 5.32 Å². The van der Waals surface area contributed by atoms with Crippen LogP contribution in [0.5, 0.6) is 0 Å². The number of rotatable bonds is 5. The number of carbonyl (C=O) groups is 2. The van der Waals surface area contributed by atoms with Gasteiger partial charge in [0.05, 0.1) is 38.0 Å². The van der Waals surface area contributed by atoms with Crippen molar-refractivity contribution in [2.75, 3.05) is 32.1 Å². The van der Waals surface area contributed by atoms with E-state index in [1.165, 1.54) is 19.6 Å². The van der Waals surface area contributed by atoms with Gasteiger partial charge in [0.25, 0.3) is 5.91 Å². The molecule has 1 heterocycles. The summed E-state index contributed by atoms with van der Waals surface area (Å²) in [7, 11) is 1.25. The fourth-order valence-corrected chi connectivity index (χ4v) is 4.61. The Hall–Kier alpha value is -1.95. The Morgan fingerprint density at radius 1 is 1.23 bits per heavy atom. The summed E-state index contributed by atoms with van der Waals surface area (Å²) in [4.78, 5) is 25.4. The molecule has 1 aliphatic heterocycles. The molecule has 1 aliphatic carbocycles. The highest BCUT2D eigenvalue weighted by Crippen LogP contribution is 2.49. The fraction of sp³-hybridized carbons (Fsp3) is 0.600. The van der Waals surface area contributed by atoms with E-state index in [4.69, 9.17) is 4.74 Å². The van der Waals surface area contributed by atoms with Gasteiger partial charge < -0.3 is 14.5 Å². The SMILES string of the molecule is CC[N+]1(C2(C(=O)Nc3c(C)cc(F)cc3C(=O)OC)CC2)CCCCC1. The van der Waals surface area contributed by atoms with Crippen molar-refractivity contribution in [1.29, 1.82) is 0 Å². The van der Waals surface area contributed by atoms with Gasteiger partial charge in [0, 0.05) is 12.8 Å². The highest BCUT2D eigenvalue weighted by atomic mass is 19.1. The number of quaternary nitrogens is 1. The van der Waals surface area contributed by atoms with Crippen LogP contribution in [-0.2, 0) is 9.53 Å². The average molecular weight is 363 g/mol. The van der Waals surface area contributed by atoms with Crippen molar-refractivity contribution in [2.24, 2.45) is 0 Å². The third kappa shape index (κ3) is 3.00. The molecule has 1 aromatic carbocycles. The molecule has 0 atom stereocenters. The molecule has 1 N–H and O–H groups in total. The number of halogens is 1. The first-order valence-corrected chi connectivity index (χ1v) is 9.45. The van der Waals surface area contributed by atoms with Crippen LogP contribution >= 0.6 is 0 Å². The third-order valence-electron chi connectivity index (χ3n) is 6.28. The van der Waals surface area contributed by atoms with Crippen molar-refractivity contribution in [2.45, 2.75) is 51.5 Å². The van der Waals surface area contributed by atoms with Crippen molar-refractivity contribution in [3.63, 3.8) is 0 Å². The highest BCUT2D eigenvalue weighted by molar-refractivity contribution is 6.05. The third-order valence-corrected chi connectivity index (χ3v) is 6.28. The molecule has 1 saturated heterocycles. The topological polar surface area (TPSA) is 55.4 Å². The molecule has 3 rings (SSSR count). The summed E-state index contributed by atoms with van der Waals surface area (Å²) in [5.41, 5.74) is 0.538. The minimum atomic E-state index is -0.648. The molecule has 6 heteroatoms. The molecule has 2 fully saturated rings. The van der Waals surface area contributed by atoms with Crippen molar-refractivity contribution in [1.82, 2.24) is 0 Å². The molecule has 26 heavy (non-hydrogen) atoms. The van der Waals surface area contributed by atoms with Crippen molar-refractivity contribution < 1.29 is 23.2 Å². The molecule has 5 nitrogen and oxygen atoms in total. The quantitative estimate of drug-likeness (QED) is 0.644. The van der Waals surface area contributed by atoms with Crippen molar-refractivity contribution in [3.8, 4) is 0 Å². The van der Waals surface area contributed by atoms with Gasteiger partial charge in [0.2, 0.25) is 0 Å². The maximum absolute atomic E-state index is 13.8. The minimum Gasteiger partial charge on any atom is -0.465 e. The van der Waals surface area contributed by atoms with Gasteiger partial charge in [-0.25, -0.2) is 9.18 Å². The number of nitrogens with zero attached hydrogens (tertiary/aromatic N) is 1. The Balaban J connectivity index is 1.92. The Labute approximate surface area is 154 Å². The number of carbonyl (C=O) groups excluding carboxylic acids is 2. The number of nitrogens with one attached hydrogen (secondary N) is 1. The zero-order valence-corrected chi connectivity index (χ0v) is 15.9. The first-order valence-electron chi connectivity index (χ1n) is 9.45. The number of esters is 1. The van der Waals surface area contributed by atoms with Gasteiger partial charge in [0.1, 0.15) is 5.82 Å². The molecule has 1 amide bonds. The van der Waals surface area contributed by atoms with E-state index in [1.807, 2.05) is 0 Å². The molecule has 142 valence electrons. The largest absolute Gasteiger partial charge is 0.465 e. The fourth-order valence-electron chi connectivity index (χ4n) is 4.61. The lowest BCUT2D eigenvalue weighted by Gasteiger charge is -2.46. The number of piperidine rings is 1. The smallest absolute Gasteiger partial charge is 0.340 e. The molecular weight excluding hydrogens is 335 g/mol. The predicted octanol–water partition coefficient (Wildman–Crippen LogP) is 3.41. The molecule has 1 saturated carbocycles. The number of hydrogen-bond donors (Lipinski definition) is 1. The summed E-state index contributed by atoms with van der Waals surface area (Å²) in [5.74, 6) is -1.22. The number of aryl methyl sites for hydroxylation is 1. The van der Waals surface area contributed by atoms with Crippen LogP contribution in [0.1, 0.15) is 54.9 Å². The monoisotopic (exact) mass is 363 g/mol. The Morgan fingerprint density at radius 3 is 2.42 bits per heavy atom. The van der Waals surface area contributed by atoms with E-state index in [0.717, 1.165) is 55.9 Å². The van der Waals surface area contributed by atoms with E-state index in [0.29, 0.717) is 11.3 Å². The van der Waals surface area contributed by atoms with Gasteiger partial charge in [-0.3, -0.25) is 4.79 Å². The molecule has 1 aromatic rings. The summed E-state index contributed by atoms with van der Waals surface area (Å²) in [6.07, 6.45) is 5.24. The van der Waals surface area contributed by atoms with Crippen LogP contribution in [0.15, 0.2) is 12.1 Å². The highest BCUT2D eigenvalue weighted by Gasteiger charge is 2.65. The van der Waals surface area contributed by atoms with Crippen LogP contribution in [0, 0.1) is 12.7 Å². The Bertz CT molecular complexity index is 722. The lowest BCUT2D eigenvalue weighted by atomic mass is 10.00. The summed E-state index contributed by atoms with van der Waals surface area (Å²) in [6, 6.07) is 2.45. The normalized spacial score (nSPS) is 20.3. The second kappa shape index (κ2) is 6.99. The molecule has 0 spiro atoms. The van der Waals surface area contributed by atoms with Crippen LogP contribution in [-0.4, -0.2) is 48.6 Å². The molecule has 0 bridgehead atoms. The van der Waals surface area contributed by atoms with Gasteiger partial charge in [-0.1, -0.05) is 0 Å². The van der Waals surface area contributed by atoms with Gasteiger partial charge >= 0.3 is 5.97 Å². The van der Waals surface area contributed by atoms with Crippen LogP contribution in [0.25, 0.3) is 0 Å². The second-order valence-corrected chi connectivity index (χ2v) is 7.59. The second-order valence-electron chi connectivity index (χ2n) is 7.59. The van der Waals surface area contributed by atoms with E-state index in [2.05, 4.69) is 12.2 Å². The lowest BCUT2D eigenvalue weighted by Crippen LogP contribution is -2.64. The lowest BCUT2D eigenvalue weighted by molar-refractivity contribution is -0.955. The summed E-state index contributed by atoms with van der Waals surface area (Å²) in [6.45, 7) is 6.82. The average Bonchev–Trinajstić information content (AvgIpc) is 3.46. The number of anilines is 1. The number of likely N-dealkylation sites (tertiary alicyclic amines) is 1. The minimum absolute atomic E-state index is 0.0545. The summed E-state index contributed by atoms with van der Waals surface area (Å²) >= 11 is 0. The van der Waals surface area contributed by atoms with Gasteiger partial charge in [0.15, 0.2) is 5.54 Å². The number of methoxy groups -OCH3 is 1. The number of benzene rings is 1. The van der Waals surface area contributed by atoms with Crippen molar-refractivity contribution in [3.05, 3.63) is 29.1 Å². The molecule has 0 radical (unpaired) electrons. The first-order chi connectivity index (χ1) is 12.4. The zero-order chi connectivity index (χ0) is 18.9. The first kappa shape index (κ1) is 18.8. The van der Waals surface area contributed by atoms with Gasteiger partial charge in [-0.15, -0.1) is 0 Å². The van der Waals surface area contributed by atoms with Gasteiger partial charge in [-0.2, -0.15) is 0 Å². The molecule has 0 unspecified atom stereocenters. The summed E-state index contributed by atoms with van der Waals surface area (Å²) in [5, 5.41) is 2.96. The van der Waals surface area contributed by atoms with Gasteiger partial charge in [-0.05, 0) is 50.8 Å². The number of likely N-dealkylation sites (N-methyl/N-ethyl adjacent to an activating group) is 1. The van der Waals surface area contributed by atoms with Crippen LogP contribution in [0.2, 0.25) is 0 Å². The zero-order valence-electron chi connectivity index (χ0n) is 15.9. The van der Waals surface area contributed by atoms with E-state index in [-0.39, 0.29) is 11.5 Å². The predicted molar refractivity (Wildman–Crippen MR) is 97.5 cm³/mol. The van der Waals surface area contributed by atoms with E-state index >= 15 is 0 Å². The summed E-state index contributed by atoms with van der Waals surface area (Å²) < 4.78 is 19.4. The van der Waals surface area contributed by atoms with Crippen LogP contribution in [0.4, 0.5) is 10.1 Å². The maximum atomic E-state index is 13.8. The van der Waals surface area contributed by atoms with E-state index in [9.17, 15) is 14.0 Å². The standard InChI is InChI=1S/C20H27FN2O3/c1-4-23(10-6-5-7-11-23)20(8-9-20)19(25)22-17-14(2)12-15(21)13-16(17)18(24)26-3/h12-13H,4-11H2,1-3H3/p+1. The van der Waals surface area contributed by atoms with Crippen molar-refractivity contribution >= 4 is 17.6 Å². The number of amides is 1. The maximum Gasteiger partial charge on any atom is 0.340 e. The number of hydrogen-bond acceptors (Lipinski definition) is 3. The van der Waals surface area contributed by atoms with E-state index < -0.39 is 17.3 Å². The Morgan fingerprint density at radius 2 is 1.88 bits per heavy atom. The van der Waals surface area contributed by atoms with E-state index in [1.54, 1.807) is 6.92 Å². The molecular formula is C20H28FN2O3+. The number of ether oxygens (including phenoxy) is 1.